The third-order valence-corrected chi connectivity index (χ3v) is 2.16. The molecule has 1 unspecified atom stereocenters. The lowest BCUT2D eigenvalue weighted by atomic mass is 10.1. The smallest absolute Gasteiger partial charge is 0.213 e. The van der Waals surface area contributed by atoms with Crippen molar-refractivity contribution in [2.75, 3.05) is 13.2 Å². The van der Waals surface area contributed by atoms with Crippen LogP contribution < -0.4 is 10.5 Å². The Morgan fingerprint density at radius 3 is 2.81 bits per heavy atom. The molecule has 0 saturated carbocycles. The summed E-state index contributed by atoms with van der Waals surface area (Å²) in [5, 5.41) is 0. The van der Waals surface area contributed by atoms with E-state index in [1.807, 2.05) is 32.9 Å². The molecule has 0 fully saturated rings. The van der Waals surface area contributed by atoms with E-state index < -0.39 is 0 Å². The highest BCUT2D eigenvalue weighted by atomic mass is 16.5. The number of nitrogens with two attached hydrogens (primary N) is 1. The van der Waals surface area contributed by atoms with Crippen molar-refractivity contribution in [1.82, 2.24) is 4.98 Å². The number of rotatable bonds is 6. The van der Waals surface area contributed by atoms with Gasteiger partial charge in [0.2, 0.25) is 5.88 Å². The van der Waals surface area contributed by atoms with Gasteiger partial charge in [-0.2, -0.15) is 0 Å². The molecular formula is C12H20N2O2. The Morgan fingerprint density at radius 2 is 2.19 bits per heavy atom. The second-order valence-electron chi connectivity index (χ2n) is 3.80. The number of ether oxygens (including phenoxy) is 2. The van der Waals surface area contributed by atoms with E-state index in [9.17, 15) is 0 Å². The van der Waals surface area contributed by atoms with Crippen LogP contribution in [0.3, 0.4) is 0 Å². The van der Waals surface area contributed by atoms with Gasteiger partial charge in [0.1, 0.15) is 6.10 Å². The quantitative estimate of drug-likeness (QED) is 0.802. The fourth-order valence-corrected chi connectivity index (χ4v) is 1.30. The predicted octanol–water partition coefficient (Wildman–Crippen LogP) is 1.91. The van der Waals surface area contributed by atoms with E-state index in [1.54, 1.807) is 6.20 Å². The van der Waals surface area contributed by atoms with Crippen molar-refractivity contribution in [2.45, 2.75) is 32.9 Å². The average molecular weight is 224 g/mol. The van der Waals surface area contributed by atoms with Crippen LogP contribution in [0.1, 0.15) is 32.4 Å². The molecule has 90 valence electrons. The van der Waals surface area contributed by atoms with Gasteiger partial charge >= 0.3 is 0 Å². The van der Waals surface area contributed by atoms with Gasteiger partial charge < -0.3 is 15.2 Å². The lowest BCUT2D eigenvalue weighted by Gasteiger charge is -2.14. The zero-order chi connectivity index (χ0) is 12.0. The molecule has 0 aliphatic heterocycles. The second-order valence-corrected chi connectivity index (χ2v) is 3.80. The lowest BCUT2D eigenvalue weighted by molar-refractivity contribution is 0.0633. The molecule has 0 aliphatic rings. The van der Waals surface area contributed by atoms with Gasteiger partial charge in [0.15, 0.2) is 0 Å². The van der Waals surface area contributed by atoms with E-state index in [2.05, 4.69) is 4.98 Å². The Kier molecular flexibility index (Phi) is 5.22. The summed E-state index contributed by atoms with van der Waals surface area (Å²) in [6.07, 6.45) is 1.71. The van der Waals surface area contributed by atoms with E-state index in [4.69, 9.17) is 15.2 Å². The van der Waals surface area contributed by atoms with Crippen molar-refractivity contribution in [3.8, 4) is 5.88 Å². The molecule has 0 aliphatic carbocycles. The molecule has 0 saturated heterocycles. The van der Waals surface area contributed by atoms with Crippen LogP contribution >= 0.6 is 0 Å². The molecule has 0 aromatic carbocycles. The average Bonchev–Trinajstić information content (AvgIpc) is 2.26. The van der Waals surface area contributed by atoms with Crippen LogP contribution in [0.5, 0.6) is 5.88 Å². The number of aromatic nitrogens is 1. The van der Waals surface area contributed by atoms with Crippen molar-refractivity contribution in [2.24, 2.45) is 5.73 Å². The summed E-state index contributed by atoms with van der Waals surface area (Å²) < 4.78 is 10.9. The van der Waals surface area contributed by atoms with E-state index in [0.29, 0.717) is 19.1 Å². The highest BCUT2D eigenvalue weighted by Gasteiger charge is 2.07. The van der Waals surface area contributed by atoms with Crippen LogP contribution in [0.25, 0.3) is 0 Å². The van der Waals surface area contributed by atoms with E-state index >= 15 is 0 Å². The highest BCUT2D eigenvalue weighted by Crippen LogP contribution is 2.15. The summed E-state index contributed by atoms with van der Waals surface area (Å²) in [6, 6.07) is 3.75. The molecule has 0 radical (unpaired) electrons. The minimum Gasteiger partial charge on any atom is -0.472 e. The van der Waals surface area contributed by atoms with Gasteiger partial charge in [0, 0.05) is 24.9 Å². The number of hydrogen-bond donors (Lipinski definition) is 1. The normalized spacial score (nSPS) is 14.5. The zero-order valence-corrected chi connectivity index (χ0v) is 10.1. The number of pyridine rings is 1. The Bertz CT molecular complexity index is 316. The number of nitrogens with zero attached hydrogens (tertiary/aromatic N) is 1. The van der Waals surface area contributed by atoms with E-state index in [0.717, 1.165) is 5.56 Å². The van der Waals surface area contributed by atoms with Gasteiger partial charge in [-0.05, 0) is 32.4 Å². The van der Waals surface area contributed by atoms with E-state index in [1.165, 1.54) is 0 Å². The monoisotopic (exact) mass is 224 g/mol. The molecule has 1 rings (SSSR count). The summed E-state index contributed by atoms with van der Waals surface area (Å²) in [7, 11) is 0. The van der Waals surface area contributed by atoms with Gasteiger partial charge in [0.25, 0.3) is 0 Å². The molecule has 2 atom stereocenters. The molecule has 1 aromatic rings. The minimum atomic E-state index is -0.00690. The molecule has 1 heterocycles. The summed E-state index contributed by atoms with van der Waals surface area (Å²) in [6.45, 7) is 7.11. The van der Waals surface area contributed by atoms with Gasteiger partial charge in [0.05, 0.1) is 6.61 Å². The van der Waals surface area contributed by atoms with Crippen LogP contribution in [0.4, 0.5) is 0 Å². The second kappa shape index (κ2) is 6.45. The Labute approximate surface area is 96.8 Å². The zero-order valence-electron chi connectivity index (χ0n) is 10.1. The minimum absolute atomic E-state index is 0.00391. The van der Waals surface area contributed by atoms with Crippen LogP contribution in [0, 0.1) is 0 Å². The van der Waals surface area contributed by atoms with Gasteiger partial charge in [-0.15, -0.1) is 0 Å². The maximum absolute atomic E-state index is 5.79. The standard InChI is InChI=1S/C12H20N2O2/c1-4-15-8-9(2)16-12-7-11(10(3)13)5-6-14-12/h5-7,9-10H,4,8,13H2,1-3H3/t9?,10-/m0/s1. The number of hydrogen-bond acceptors (Lipinski definition) is 4. The van der Waals surface area contributed by atoms with Crippen LogP contribution in [0.15, 0.2) is 18.3 Å². The third-order valence-electron chi connectivity index (χ3n) is 2.16. The largest absolute Gasteiger partial charge is 0.472 e. The molecule has 4 heteroatoms. The first-order valence-electron chi connectivity index (χ1n) is 5.59. The van der Waals surface area contributed by atoms with Crippen LogP contribution in [0.2, 0.25) is 0 Å². The summed E-state index contributed by atoms with van der Waals surface area (Å²) in [5.41, 5.74) is 6.81. The Morgan fingerprint density at radius 1 is 1.44 bits per heavy atom. The fraction of sp³-hybridized carbons (Fsp3) is 0.583. The SMILES string of the molecule is CCOCC(C)Oc1cc([C@H](C)N)ccn1. The van der Waals surface area contributed by atoms with Crippen molar-refractivity contribution in [1.29, 1.82) is 0 Å². The molecule has 4 nitrogen and oxygen atoms in total. The molecule has 0 bridgehead atoms. The summed E-state index contributed by atoms with van der Waals surface area (Å²) >= 11 is 0. The predicted molar refractivity (Wildman–Crippen MR) is 63.4 cm³/mol. The summed E-state index contributed by atoms with van der Waals surface area (Å²) in [4.78, 5) is 4.14. The van der Waals surface area contributed by atoms with Crippen molar-refractivity contribution >= 4 is 0 Å². The van der Waals surface area contributed by atoms with Crippen molar-refractivity contribution in [3.05, 3.63) is 23.9 Å². The van der Waals surface area contributed by atoms with Gasteiger partial charge in [-0.3, -0.25) is 0 Å². The Balaban J connectivity index is 2.56. The van der Waals surface area contributed by atoms with Crippen molar-refractivity contribution < 1.29 is 9.47 Å². The molecule has 1 aromatic heterocycles. The summed E-state index contributed by atoms with van der Waals surface area (Å²) in [5.74, 6) is 0.599. The maximum Gasteiger partial charge on any atom is 0.213 e. The maximum atomic E-state index is 5.79. The first kappa shape index (κ1) is 12.9. The Hall–Kier alpha value is -1.13. The topological polar surface area (TPSA) is 57.4 Å². The van der Waals surface area contributed by atoms with E-state index in [-0.39, 0.29) is 12.1 Å². The molecule has 2 N–H and O–H groups in total. The van der Waals surface area contributed by atoms with Gasteiger partial charge in [-0.25, -0.2) is 4.98 Å². The first-order valence-corrected chi connectivity index (χ1v) is 5.59. The fourth-order valence-electron chi connectivity index (χ4n) is 1.30. The van der Waals surface area contributed by atoms with Crippen LogP contribution in [-0.4, -0.2) is 24.3 Å². The lowest BCUT2D eigenvalue weighted by Crippen LogP contribution is -2.19. The third kappa shape index (κ3) is 4.16. The van der Waals surface area contributed by atoms with Crippen molar-refractivity contribution in [3.63, 3.8) is 0 Å². The first-order chi connectivity index (χ1) is 7.63. The molecular weight excluding hydrogens is 204 g/mol. The molecule has 0 amide bonds. The molecule has 16 heavy (non-hydrogen) atoms. The highest BCUT2D eigenvalue weighted by molar-refractivity contribution is 5.22. The molecule has 0 spiro atoms. The van der Waals surface area contributed by atoms with Crippen LogP contribution in [-0.2, 0) is 4.74 Å². The van der Waals surface area contributed by atoms with Gasteiger partial charge in [-0.1, -0.05) is 0 Å².